The van der Waals surface area contributed by atoms with Gasteiger partial charge in [-0.2, -0.15) is 0 Å². The molecule has 0 aromatic heterocycles. The number of benzene rings is 1. The molecular weight excluding hydrogens is 317 g/mol. The summed E-state index contributed by atoms with van der Waals surface area (Å²) in [6, 6.07) is 5.57. The van der Waals surface area contributed by atoms with Crippen LogP contribution in [0.15, 0.2) is 22.7 Å². The Labute approximate surface area is 130 Å². The summed E-state index contributed by atoms with van der Waals surface area (Å²) in [6.45, 7) is 5.50. The minimum absolute atomic E-state index is 0.151. The number of halogens is 2. The molecule has 1 aliphatic rings. The largest absolute Gasteiger partial charge is 0.310 e. The van der Waals surface area contributed by atoms with Crippen LogP contribution >= 0.6 is 15.9 Å². The molecular formula is C17H25BrFN. The lowest BCUT2D eigenvalue weighted by Crippen LogP contribution is -2.32. The third kappa shape index (κ3) is 4.29. The lowest BCUT2D eigenvalue weighted by Gasteiger charge is -2.34. The van der Waals surface area contributed by atoms with E-state index in [-0.39, 0.29) is 11.9 Å². The number of hydrogen-bond acceptors (Lipinski definition) is 1. The van der Waals surface area contributed by atoms with E-state index in [1.165, 1.54) is 31.7 Å². The third-order valence-corrected chi connectivity index (χ3v) is 4.76. The fourth-order valence-corrected chi connectivity index (χ4v) is 3.88. The predicted molar refractivity (Wildman–Crippen MR) is 86.3 cm³/mol. The van der Waals surface area contributed by atoms with Crippen molar-refractivity contribution in [2.75, 3.05) is 6.54 Å². The van der Waals surface area contributed by atoms with Crippen LogP contribution in [0.25, 0.3) is 0 Å². The van der Waals surface area contributed by atoms with Crippen molar-refractivity contribution in [3.63, 3.8) is 0 Å². The Bertz CT molecular complexity index is 415. The fourth-order valence-electron chi connectivity index (χ4n) is 3.40. The Morgan fingerprint density at radius 2 is 2.15 bits per heavy atom. The monoisotopic (exact) mass is 341 g/mol. The van der Waals surface area contributed by atoms with Gasteiger partial charge in [-0.25, -0.2) is 4.39 Å². The molecule has 1 fully saturated rings. The van der Waals surface area contributed by atoms with E-state index in [0.717, 1.165) is 28.9 Å². The van der Waals surface area contributed by atoms with Crippen LogP contribution < -0.4 is 5.32 Å². The molecule has 1 nitrogen and oxygen atoms in total. The van der Waals surface area contributed by atoms with Gasteiger partial charge in [-0.1, -0.05) is 42.6 Å². The highest BCUT2D eigenvalue weighted by Crippen LogP contribution is 2.37. The van der Waals surface area contributed by atoms with Gasteiger partial charge in [-0.05, 0) is 61.4 Å². The maximum Gasteiger partial charge on any atom is 0.124 e. The zero-order valence-corrected chi connectivity index (χ0v) is 14.0. The van der Waals surface area contributed by atoms with E-state index >= 15 is 0 Å². The van der Waals surface area contributed by atoms with Gasteiger partial charge in [0.25, 0.3) is 0 Å². The molecule has 2 rings (SSSR count). The van der Waals surface area contributed by atoms with Crippen LogP contribution in [0.1, 0.15) is 57.6 Å². The van der Waals surface area contributed by atoms with E-state index in [9.17, 15) is 4.39 Å². The molecule has 0 saturated heterocycles. The van der Waals surface area contributed by atoms with Crippen LogP contribution in [-0.2, 0) is 0 Å². The summed E-state index contributed by atoms with van der Waals surface area (Å²) in [5.74, 6) is 1.26. The molecule has 1 saturated carbocycles. The molecule has 0 spiro atoms. The Balaban J connectivity index is 2.21. The van der Waals surface area contributed by atoms with Gasteiger partial charge >= 0.3 is 0 Å². The molecule has 1 aromatic carbocycles. The second-order valence-electron chi connectivity index (χ2n) is 6.17. The smallest absolute Gasteiger partial charge is 0.124 e. The maximum atomic E-state index is 13.7. The lowest BCUT2D eigenvalue weighted by atomic mass is 9.76. The maximum absolute atomic E-state index is 13.7. The van der Waals surface area contributed by atoms with Gasteiger partial charge in [0, 0.05) is 10.5 Å². The van der Waals surface area contributed by atoms with Gasteiger partial charge in [0.1, 0.15) is 5.82 Å². The van der Waals surface area contributed by atoms with E-state index in [1.807, 2.05) is 0 Å². The first-order valence-electron chi connectivity index (χ1n) is 7.79. The third-order valence-electron chi connectivity index (χ3n) is 4.31. The average molecular weight is 342 g/mol. The second kappa shape index (κ2) is 7.56. The van der Waals surface area contributed by atoms with Crippen LogP contribution in [0, 0.1) is 17.7 Å². The molecule has 1 aromatic rings. The van der Waals surface area contributed by atoms with Gasteiger partial charge in [0.2, 0.25) is 0 Å². The van der Waals surface area contributed by atoms with Crippen molar-refractivity contribution >= 4 is 15.9 Å². The molecule has 0 radical (unpaired) electrons. The highest BCUT2D eigenvalue weighted by molar-refractivity contribution is 9.10. The van der Waals surface area contributed by atoms with E-state index in [4.69, 9.17) is 0 Å². The van der Waals surface area contributed by atoms with Gasteiger partial charge in [0.15, 0.2) is 0 Å². The molecule has 0 bridgehead atoms. The van der Waals surface area contributed by atoms with Crippen molar-refractivity contribution in [2.45, 2.75) is 52.0 Å². The zero-order chi connectivity index (χ0) is 14.5. The van der Waals surface area contributed by atoms with Crippen LogP contribution in [-0.4, -0.2) is 6.54 Å². The molecule has 3 heteroatoms. The number of nitrogens with one attached hydrogen (secondary N) is 1. The quantitative estimate of drug-likeness (QED) is 0.750. The summed E-state index contributed by atoms with van der Waals surface area (Å²) in [5, 5.41) is 3.64. The SMILES string of the molecule is CCCNC(c1cc(F)cc(Br)c1)C1CCCC(C)C1. The minimum Gasteiger partial charge on any atom is -0.310 e. The summed E-state index contributed by atoms with van der Waals surface area (Å²) < 4.78 is 14.5. The molecule has 0 aliphatic heterocycles. The van der Waals surface area contributed by atoms with Crippen molar-refractivity contribution in [3.05, 3.63) is 34.1 Å². The number of hydrogen-bond donors (Lipinski definition) is 1. The summed E-state index contributed by atoms with van der Waals surface area (Å²) in [4.78, 5) is 0. The number of rotatable bonds is 5. The molecule has 1 aliphatic carbocycles. The van der Waals surface area contributed by atoms with Crippen LogP contribution in [0.5, 0.6) is 0 Å². The summed E-state index contributed by atoms with van der Waals surface area (Å²) in [7, 11) is 0. The first kappa shape index (κ1) is 16.0. The fraction of sp³-hybridized carbons (Fsp3) is 0.647. The Morgan fingerprint density at radius 3 is 2.80 bits per heavy atom. The van der Waals surface area contributed by atoms with Crippen molar-refractivity contribution in [2.24, 2.45) is 11.8 Å². The molecule has 112 valence electrons. The highest BCUT2D eigenvalue weighted by Gasteiger charge is 2.27. The zero-order valence-electron chi connectivity index (χ0n) is 12.5. The highest BCUT2D eigenvalue weighted by atomic mass is 79.9. The minimum atomic E-state index is -0.151. The lowest BCUT2D eigenvalue weighted by molar-refractivity contribution is 0.223. The van der Waals surface area contributed by atoms with E-state index < -0.39 is 0 Å². The van der Waals surface area contributed by atoms with Gasteiger partial charge < -0.3 is 5.32 Å². The first-order chi connectivity index (χ1) is 9.60. The van der Waals surface area contributed by atoms with Gasteiger partial charge in [-0.3, -0.25) is 0 Å². The van der Waals surface area contributed by atoms with Crippen molar-refractivity contribution < 1.29 is 4.39 Å². The van der Waals surface area contributed by atoms with Crippen molar-refractivity contribution in [1.29, 1.82) is 0 Å². The van der Waals surface area contributed by atoms with Gasteiger partial charge in [-0.15, -0.1) is 0 Å². The molecule has 3 unspecified atom stereocenters. The van der Waals surface area contributed by atoms with Crippen LogP contribution in [0.2, 0.25) is 0 Å². The Morgan fingerprint density at radius 1 is 1.35 bits per heavy atom. The molecule has 0 amide bonds. The van der Waals surface area contributed by atoms with Crippen LogP contribution in [0.3, 0.4) is 0 Å². The average Bonchev–Trinajstić information content (AvgIpc) is 2.38. The normalized spacial score (nSPS) is 24.6. The summed E-state index contributed by atoms with van der Waals surface area (Å²) in [6.07, 6.45) is 6.24. The van der Waals surface area contributed by atoms with E-state index in [1.54, 1.807) is 6.07 Å². The van der Waals surface area contributed by atoms with Crippen molar-refractivity contribution in [1.82, 2.24) is 5.32 Å². The first-order valence-corrected chi connectivity index (χ1v) is 8.58. The topological polar surface area (TPSA) is 12.0 Å². The molecule has 0 heterocycles. The Kier molecular flexibility index (Phi) is 6.03. The molecule has 1 N–H and O–H groups in total. The second-order valence-corrected chi connectivity index (χ2v) is 7.08. The Hall–Kier alpha value is -0.410. The summed E-state index contributed by atoms with van der Waals surface area (Å²) >= 11 is 3.42. The van der Waals surface area contributed by atoms with Crippen LogP contribution in [0.4, 0.5) is 4.39 Å². The molecule has 3 atom stereocenters. The summed E-state index contributed by atoms with van der Waals surface area (Å²) in [5.41, 5.74) is 1.09. The van der Waals surface area contributed by atoms with E-state index in [2.05, 4.69) is 41.2 Å². The molecule has 20 heavy (non-hydrogen) atoms. The van der Waals surface area contributed by atoms with E-state index in [0.29, 0.717) is 5.92 Å². The van der Waals surface area contributed by atoms with Crippen molar-refractivity contribution in [3.8, 4) is 0 Å². The van der Waals surface area contributed by atoms with Gasteiger partial charge in [0.05, 0.1) is 0 Å². The predicted octanol–water partition coefficient (Wildman–Crippen LogP) is 5.46. The standard InChI is InChI=1S/C17H25BrFN/c1-3-7-20-17(13-6-4-5-12(2)8-13)14-9-15(18)11-16(19)10-14/h9-13,17,20H,3-8H2,1-2H3.